The minimum atomic E-state index is -0.233. The molecule has 0 unspecified atom stereocenters. The lowest BCUT2D eigenvalue weighted by Gasteiger charge is -2.37. The third-order valence-electron chi connectivity index (χ3n) is 4.32. The fourth-order valence-corrected chi connectivity index (χ4v) is 4.83. The number of carbonyl (C=O) groups is 1. The van der Waals surface area contributed by atoms with Gasteiger partial charge in [-0.05, 0) is 37.1 Å². The third kappa shape index (κ3) is 2.69. The number of hydrogen-bond donors (Lipinski definition) is 2. The van der Waals surface area contributed by atoms with Crippen molar-refractivity contribution >= 4 is 33.5 Å². The minimum Gasteiger partial charge on any atom is -0.393 e. The van der Waals surface area contributed by atoms with Crippen molar-refractivity contribution < 1.29 is 9.90 Å². The monoisotopic (exact) mass is 347 g/mol. The number of aliphatic hydroxyl groups excluding tert-OH is 1. The summed E-state index contributed by atoms with van der Waals surface area (Å²) in [5.41, 5.74) is 1.52. The van der Waals surface area contributed by atoms with Gasteiger partial charge in [-0.15, -0.1) is 22.7 Å². The number of thiazole rings is 1. The van der Waals surface area contributed by atoms with E-state index in [0.717, 1.165) is 28.4 Å². The number of thiophene rings is 1. The molecule has 120 valence electrons. The normalized spacial score (nSPS) is 22.0. The first-order valence-corrected chi connectivity index (χ1v) is 9.33. The molecule has 4 rings (SSSR count). The maximum atomic E-state index is 12.7. The first-order chi connectivity index (χ1) is 11.1. The lowest BCUT2D eigenvalue weighted by molar-refractivity contribution is 0.0240. The molecule has 1 amide bonds. The molecule has 0 bridgehead atoms. The Morgan fingerprint density at radius 2 is 2.30 bits per heavy atom. The van der Waals surface area contributed by atoms with Crippen LogP contribution in [0.1, 0.15) is 39.9 Å². The molecule has 0 spiro atoms. The number of aromatic nitrogens is 2. The van der Waals surface area contributed by atoms with Crippen LogP contribution >= 0.6 is 22.7 Å². The SMILES string of the molecule is Cc1cn2c(C(=O)N[C@@H](c3cccs3)C3CC(O)C3)csc2n1. The van der Waals surface area contributed by atoms with E-state index in [1.54, 1.807) is 11.3 Å². The van der Waals surface area contributed by atoms with E-state index in [0.29, 0.717) is 11.6 Å². The Kier molecular flexibility index (Phi) is 3.71. The predicted octanol–water partition coefficient (Wildman–Crippen LogP) is 3.01. The number of imidazole rings is 1. The fourth-order valence-electron chi connectivity index (χ4n) is 3.07. The van der Waals surface area contributed by atoms with Gasteiger partial charge in [0.1, 0.15) is 5.69 Å². The van der Waals surface area contributed by atoms with Crippen LogP contribution in [-0.4, -0.2) is 26.5 Å². The van der Waals surface area contributed by atoms with Crippen LogP contribution in [0.15, 0.2) is 29.1 Å². The maximum Gasteiger partial charge on any atom is 0.269 e. The van der Waals surface area contributed by atoms with Gasteiger partial charge in [0.05, 0.1) is 17.8 Å². The molecule has 0 saturated heterocycles. The predicted molar refractivity (Wildman–Crippen MR) is 91.1 cm³/mol. The number of fused-ring (bicyclic) bond motifs is 1. The number of amides is 1. The van der Waals surface area contributed by atoms with Gasteiger partial charge in [0.25, 0.3) is 5.91 Å². The van der Waals surface area contributed by atoms with Crippen LogP contribution in [0.2, 0.25) is 0 Å². The number of nitrogens with one attached hydrogen (secondary N) is 1. The van der Waals surface area contributed by atoms with E-state index in [1.807, 2.05) is 40.4 Å². The van der Waals surface area contributed by atoms with Crippen molar-refractivity contribution in [2.24, 2.45) is 5.92 Å². The maximum absolute atomic E-state index is 12.7. The number of carbonyl (C=O) groups excluding carboxylic acids is 1. The molecule has 1 atom stereocenters. The van der Waals surface area contributed by atoms with Crippen molar-refractivity contribution in [2.45, 2.75) is 31.9 Å². The highest BCUT2D eigenvalue weighted by molar-refractivity contribution is 7.15. The van der Waals surface area contributed by atoms with Gasteiger partial charge in [0, 0.05) is 16.5 Å². The van der Waals surface area contributed by atoms with Gasteiger partial charge < -0.3 is 10.4 Å². The van der Waals surface area contributed by atoms with Gasteiger partial charge in [-0.2, -0.15) is 0 Å². The van der Waals surface area contributed by atoms with Gasteiger partial charge in [-0.25, -0.2) is 4.98 Å². The van der Waals surface area contributed by atoms with Gasteiger partial charge in [0.15, 0.2) is 4.96 Å². The summed E-state index contributed by atoms with van der Waals surface area (Å²) in [6, 6.07) is 4.01. The number of hydrogen-bond acceptors (Lipinski definition) is 5. The summed E-state index contributed by atoms with van der Waals surface area (Å²) in [5, 5.41) is 16.6. The van der Waals surface area contributed by atoms with Crippen molar-refractivity contribution in [3.8, 4) is 0 Å². The summed E-state index contributed by atoms with van der Waals surface area (Å²) in [6.45, 7) is 1.92. The van der Waals surface area contributed by atoms with Gasteiger partial charge in [-0.1, -0.05) is 6.07 Å². The first-order valence-electron chi connectivity index (χ1n) is 7.57. The van der Waals surface area contributed by atoms with Crippen LogP contribution in [-0.2, 0) is 0 Å². The molecular formula is C16H17N3O2S2. The van der Waals surface area contributed by atoms with Crippen molar-refractivity contribution in [2.75, 3.05) is 0 Å². The summed E-state index contributed by atoms with van der Waals surface area (Å²) in [6.07, 6.45) is 3.13. The van der Waals surface area contributed by atoms with Gasteiger partial charge in [0.2, 0.25) is 0 Å². The molecule has 23 heavy (non-hydrogen) atoms. The van der Waals surface area contributed by atoms with E-state index in [-0.39, 0.29) is 18.1 Å². The van der Waals surface area contributed by atoms with Crippen molar-refractivity contribution in [3.05, 3.63) is 45.4 Å². The Morgan fingerprint density at radius 3 is 3.00 bits per heavy atom. The van der Waals surface area contributed by atoms with Crippen LogP contribution in [0.25, 0.3) is 4.96 Å². The van der Waals surface area contributed by atoms with Crippen molar-refractivity contribution in [1.82, 2.24) is 14.7 Å². The standard InChI is InChI=1S/C16H17N3O2S2/c1-9-7-19-12(8-23-16(19)17-9)15(21)18-14(10-5-11(20)6-10)13-3-2-4-22-13/h2-4,7-8,10-11,14,20H,5-6H2,1H3,(H,18,21)/t10?,11?,14-/m1/s1. The van der Waals surface area contributed by atoms with E-state index >= 15 is 0 Å². The largest absolute Gasteiger partial charge is 0.393 e. The number of aliphatic hydroxyl groups is 1. The quantitative estimate of drug-likeness (QED) is 0.762. The lowest BCUT2D eigenvalue weighted by atomic mass is 9.76. The third-order valence-corrected chi connectivity index (χ3v) is 6.11. The molecule has 3 aromatic rings. The topological polar surface area (TPSA) is 66.6 Å². The summed E-state index contributed by atoms with van der Waals surface area (Å²) in [7, 11) is 0. The van der Waals surface area contributed by atoms with E-state index < -0.39 is 0 Å². The highest BCUT2D eigenvalue weighted by Crippen LogP contribution is 2.39. The molecule has 0 radical (unpaired) electrons. The number of aryl methyl sites for hydroxylation is 1. The Labute approximate surface area is 141 Å². The van der Waals surface area contributed by atoms with Crippen molar-refractivity contribution in [1.29, 1.82) is 0 Å². The second-order valence-corrected chi connectivity index (χ2v) is 7.82. The van der Waals surface area contributed by atoms with Crippen LogP contribution in [0.5, 0.6) is 0 Å². The number of nitrogens with zero attached hydrogens (tertiary/aromatic N) is 2. The highest BCUT2D eigenvalue weighted by Gasteiger charge is 2.36. The zero-order chi connectivity index (χ0) is 16.0. The fraction of sp³-hybridized carbons (Fsp3) is 0.375. The van der Waals surface area contributed by atoms with Crippen molar-refractivity contribution in [3.63, 3.8) is 0 Å². The average molecular weight is 347 g/mol. The van der Waals surface area contributed by atoms with E-state index in [9.17, 15) is 9.90 Å². The first kappa shape index (κ1) is 14.9. The van der Waals surface area contributed by atoms with Crippen LogP contribution in [0.4, 0.5) is 0 Å². The number of rotatable bonds is 4. The molecule has 7 heteroatoms. The molecule has 5 nitrogen and oxygen atoms in total. The summed E-state index contributed by atoms with van der Waals surface area (Å²) < 4.78 is 1.84. The zero-order valence-electron chi connectivity index (χ0n) is 12.6. The molecule has 1 aliphatic rings. The van der Waals surface area contributed by atoms with Crippen LogP contribution in [0, 0.1) is 12.8 Å². The molecule has 1 fully saturated rings. The molecule has 3 heterocycles. The Balaban J connectivity index is 1.59. The second kappa shape index (κ2) is 5.74. The summed E-state index contributed by atoms with van der Waals surface area (Å²) in [4.78, 5) is 19.1. The average Bonchev–Trinajstić information content (AvgIpc) is 3.17. The smallest absolute Gasteiger partial charge is 0.269 e. The highest BCUT2D eigenvalue weighted by atomic mass is 32.1. The second-order valence-electron chi connectivity index (χ2n) is 6.01. The molecule has 1 aliphatic carbocycles. The van der Waals surface area contributed by atoms with Gasteiger partial charge in [-0.3, -0.25) is 9.20 Å². The van der Waals surface area contributed by atoms with E-state index in [4.69, 9.17) is 0 Å². The Bertz CT molecular complexity index is 831. The van der Waals surface area contributed by atoms with Crippen LogP contribution in [0.3, 0.4) is 0 Å². The zero-order valence-corrected chi connectivity index (χ0v) is 14.2. The Hall–Kier alpha value is -1.70. The molecular weight excluding hydrogens is 330 g/mol. The molecule has 0 aliphatic heterocycles. The molecule has 3 aromatic heterocycles. The lowest BCUT2D eigenvalue weighted by Crippen LogP contribution is -2.41. The molecule has 1 saturated carbocycles. The van der Waals surface area contributed by atoms with E-state index in [2.05, 4.69) is 10.3 Å². The molecule has 2 N–H and O–H groups in total. The van der Waals surface area contributed by atoms with E-state index in [1.165, 1.54) is 11.3 Å². The summed E-state index contributed by atoms with van der Waals surface area (Å²) >= 11 is 3.11. The summed E-state index contributed by atoms with van der Waals surface area (Å²) in [5.74, 6) is 0.208. The van der Waals surface area contributed by atoms with Crippen LogP contribution < -0.4 is 5.32 Å². The Morgan fingerprint density at radius 1 is 1.48 bits per heavy atom. The molecule has 0 aromatic carbocycles. The minimum absolute atomic E-state index is 0.0366. The van der Waals surface area contributed by atoms with Gasteiger partial charge >= 0.3 is 0 Å².